The van der Waals surface area contributed by atoms with Gasteiger partial charge in [-0.25, -0.2) is 9.97 Å². The zero-order chi connectivity index (χ0) is 19.5. The summed E-state index contributed by atoms with van der Waals surface area (Å²) in [6.45, 7) is 4.45. The number of carbonyl (C=O) groups is 1. The molecule has 2 aromatic carbocycles. The largest absolute Gasteiger partial charge is 0.496 e. The number of hydrogen-bond acceptors (Lipinski definition) is 5. The minimum absolute atomic E-state index is 0.0150. The summed E-state index contributed by atoms with van der Waals surface area (Å²) in [5.74, 6) is 0.808. The van der Waals surface area contributed by atoms with Crippen molar-refractivity contribution in [2.75, 3.05) is 20.2 Å². The first-order valence-corrected chi connectivity index (χ1v) is 9.77. The number of benzene rings is 2. The highest BCUT2D eigenvalue weighted by atomic mass is 16.5. The number of ether oxygens (including phenoxy) is 1. The molecule has 3 aromatic rings. The van der Waals surface area contributed by atoms with Crippen molar-refractivity contribution >= 4 is 16.8 Å². The third-order valence-corrected chi connectivity index (χ3v) is 5.47. The molecule has 1 atom stereocenters. The number of aryl methyl sites for hydroxylation is 1. The Morgan fingerprint density at radius 1 is 1.11 bits per heavy atom. The van der Waals surface area contributed by atoms with Gasteiger partial charge in [0.15, 0.2) is 5.78 Å². The van der Waals surface area contributed by atoms with E-state index in [0.717, 1.165) is 54.9 Å². The molecule has 5 heteroatoms. The maximum absolute atomic E-state index is 13.1. The van der Waals surface area contributed by atoms with Gasteiger partial charge in [0.2, 0.25) is 0 Å². The van der Waals surface area contributed by atoms with Crippen LogP contribution in [0.2, 0.25) is 0 Å². The van der Waals surface area contributed by atoms with Crippen molar-refractivity contribution in [3.05, 3.63) is 65.5 Å². The van der Waals surface area contributed by atoms with Gasteiger partial charge in [0.25, 0.3) is 0 Å². The zero-order valence-corrected chi connectivity index (χ0v) is 16.4. The van der Waals surface area contributed by atoms with Crippen LogP contribution in [0.4, 0.5) is 0 Å². The number of fused-ring (bicyclic) bond motifs is 1. The predicted molar refractivity (Wildman–Crippen MR) is 110 cm³/mol. The third-order valence-electron chi connectivity index (χ3n) is 5.47. The normalized spacial score (nSPS) is 17.6. The molecule has 1 fully saturated rings. The van der Waals surface area contributed by atoms with Crippen LogP contribution < -0.4 is 4.74 Å². The lowest BCUT2D eigenvalue weighted by Gasteiger charge is -2.32. The number of aromatic nitrogens is 2. The lowest BCUT2D eigenvalue weighted by atomic mass is 9.89. The Balaban J connectivity index is 1.51. The van der Waals surface area contributed by atoms with E-state index in [9.17, 15) is 4.79 Å². The van der Waals surface area contributed by atoms with Crippen LogP contribution in [0.1, 0.15) is 34.6 Å². The predicted octanol–water partition coefficient (Wildman–Crippen LogP) is 4.04. The molecule has 2 heterocycles. The number of ketones is 1. The fourth-order valence-electron chi connectivity index (χ4n) is 3.97. The Morgan fingerprint density at radius 2 is 1.82 bits per heavy atom. The summed E-state index contributed by atoms with van der Waals surface area (Å²) in [6.07, 6.45) is 1.92. The Kier molecular flexibility index (Phi) is 5.35. The third kappa shape index (κ3) is 3.76. The summed E-state index contributed by atoms with van der Waals surface area (Å²) >= 11 is 0. The molecular weight excluding hydrogens is 350 g/mol. The van der Waals surface area contributed by atoms with Gasteiger partial charge in [0, 0.05) is 19.0 Å². The molecule has 0 radical (unpaired) electrons. The average Bonchev–Trinajstić information content (AvgIpc) is 2.74. The molecule has 1 aliphatic rings. The fraction of sp³-hybridized carbons (Fsp3) is 0.348. The number of likely N-dealkylation sites (tertiary alicyclic amines) is 1. The van der Waals surface area contributed by atoms with Crippen LogP contribution in [-0.4, -0.2) is 40.9 Å². The Bertz CT molecular complexity index is 1000. The van der Waals surface area contributed by atoms with Crippen LogP contribution in [-0.2, 0) is 6.54 Å². The number of para-hydroxylation sites is 3. The summed E-state index contributed by atoms with van der Waals surface area (Å²) in [4.78, 5) is 24.9. The maximum Gasteiger partial charge on any atom is 0.170 e. The van der Waals surface area contributed by atoms with E-state index in [-0.39, 0.29) is 11.7 Å². The molecule has 0 saturated carbocycles. The smallest absolute Gasteiger partial charge is 0.170 e. The number of Topliss-reactive ketones (excluding diaryl/α,β-unsaturated/α-hetero) is 1. The molecule has 1 unspecified atom stereocenters. The van der Waals surface area contributed by atoms with E-state index < -0.39 is 0 Å². The van der Waals surface area contributed by atoms with E-state index in [1.54, 1.807) is 7.11 Å². The van der Waals surface area contributed by atoms with Gasteiger partial charge in [0.05, 0.1) is 35.1 Å². The number of rotatable bonds is 5. The maximum atomic E-state index is 13.1. The number of carbonyl (C=O) groups excluding carboxylic acids is 1. The van der Waals surface area contributed by atoms with Crippen LogP contribution >= 0.6 is 0 Å². The second-order valence-corrected chi connectivity index (χ2v) is 7.38. The number of piperidine rings is 1. The van der Waals surface area contributed by atoms with E-state index in [4.69, 9.17) is 14.7 Å². The van der Waals surface area contributed by atoms with E-state index in [0.29, 0.717) is 11.3 Å². The van der Waals surface area contributed by atoms with E-state index in [1.165, 1.54) is 0 Å². The van der Waals surface area contributed by atoms with Gasteiger partial charge in [-0.05, 0) is 50.6 Å². The highest BCUT2D eigenvalue weighted by Gasteiger charge is 2.28. The van der Waals surface area contributed by atoms with Crippen molar-refractivity contribution in [1.82, 2.24) is 14.9 Å². The second-order valence-electron chi connectivity index (χ2n) is 7.38. The monoisotopic (exact) mass is 375 g/mol. The fourth-order valence-corrected chi connectivity index (χ4v) is 3.97. The van der Waals surface area contributed by atoms with E-state index >= 15 is 0 Å². The standard InChI is InChI=1S/C23H25N3O2/c1-16-21(25-20-11-5-4-10-19(20)24-16)15-26-13-7-8-17(14-26)23(27)18-9-3-6-12-22(18)28-2/h3-6,9-12,17H,7-8,13-15H2,1-2H3. The highest BCUT2D eigenvalue weighted by molar-refractivity contribution is 6.00. The van der Waals surface area contributed by atoms with Gasteiger partial charge in [-0.3, -0.25) is 9.69 Å². The molecule has 1 aliphatic heterocycles. The molecule has 0 aliphatic carbocycles. The molecule has 1 aromatic heterocycles. The summed E-state index contributed by atoms with van der Waals surface area (Å²) in [5, 5.41) is 0. The topological polar surface area (TPSA) is 55.3 Å². The summed E-state index contributed by atoms with van der Waals surface area (Å²) in [6, 6.07) is 15.4. The molecule has 5 nitrogen and oxygen atoms in total. The Labute approximate surface area is 165 Å². The van der Waals surface area contributed by atoms with Gasteiger partial charge in [-0.15, -0.1) is 0 Å². The van der Waals surface area contributed by atoms with Crippen molar-refractivity contribution in [2.45, 2.75) is 26.3 Å². The van der Waals surface area contributed by atoms with Crippen molar-refractivity contribution in [1.29, 1.82) is 0 Å². The quantitative estimate of drug-likeness (QED) is 0.630. The minimum atomic E-state index is -0.0150. The van der Waals surface area contributed by atoms with Crippen LogP contribution in [0, 0.1) is 12.8 Å². The zero-order valence-electron chi connectivity index (χ0n) is 16.4. The first-order valence-electron chi connectivity index (χ1n) is 9.77. The summed E-state index contributed by atoms with van der Waals surface area (Å²) in [5.41, 5.74) is 4.47. The van der Waals surface area contributed by atoms with Crippen molar-refractivity contribution in [2.24, 2.45) is 5.92 Å². The van der Waals surface area contributed by atoms with Gasteiger partial charge in [-0.2, -0.15) is 0 Å². The molecule has 0 spiro atoms. The molecule has 4 rings (SSSR count). The average molecular weight is 375 g/mol. The molecule has 0 N–H and O–H groups in total. The minimum Gasteiger partial charge on any atom is -0.496 e. The molecule has 0 amide bonds. The van der Waals surface area contributed by atoms with Crippen LogP contribution in [0.15, 0.2) is 48.5 Å². The summed E-state index contributed by atoms with van der Waals surface area (Å²) in [7, 11) is 1.61. The van der Waals surface area contributed by atoms with Gasteiger partial charge in [-0.1, -0.05) is 24.3 Å². The van der Waals surface area contributed by atoms with E-state index in [1.807, 2.05) is 55.5 Å². The first kappa shape index (κ1) is 18.6. The molecule has 28 heavy (non-hydrogen) atoms. The van der Waals surface area contributed by atoms with E-state index in [2.05, 4.69) is 4.90 Å². The van der Waals surface area contributed by atoms with Crippen molar-refractivity contribution < 1.29 is 9.53 Å². The summed E-state index contributed by atoms with van der Waals surface area (Å²) < 4.78 is 5.38. The van der Waals surface area contributed by atoms with Gasteiger partial charge >= 0.3 is 0 Å². The first-order chi connectivity index (χ1) is 13.7. The van der Waals surface area contributed by atoms with Crippen molar-refractivity contribution in [3.63, 3.8) is 0 Å². The van der Waals surface area contributed by atoms with Gasteiger partial charge in [0.1, 0.15) is 5.75 Å². The van der Waals surface area contributed by atoms with Crippen LogP contribution in [0.3, 0.4) is 0 Å². The van der Waals surface area contributed by atoms with Crippen LogP contribution in [0.5, 0.6) is 5.75 Å². The Morgan fingerprint density at radius 3 is 2.61 bits per heavy atom. The second kappa shape index (κ2) is 8.07. The van der Waals surface area contributed by atoms with Crippen molar-refractivity contribution in [3.8, 4) is 5.75 Å². The Hall–Kier alpha value is -2.79. The molecule has 1 saturated heterocycles. The molecule has 144 valence electrons. The van der Waals surface area contributed by atoms with Crippen LogP contribution in [0.25, 0.3) is 11.0 Å². The number of hydrogen-bond donors (Lipinski definition) is 0. The highest BCUT2D eigenvalue weighted by Crippen LogP contribution is 2.27. The molecular formula is C23H25N3O2. The number of nitrogens with zero attached hydrogens (tertiary/aromatic N) is 3. The number of methoxy groups -OCH3 is 1. The molecule has 0 bridgehead atoms. The lowest BCUT2D eigenvalue weighted by Crippen LogP contribution is -2.38. The SMILES string of the molecule is COc1ccccc1C(=O)C1CCCN(Cc2nc3ccccc3nc2C)C1. The van der Waals surface area contributed by atoms with Gasteiger partial charge < -0.3 is 4.74 Å². The lowest BCUT2D eigenvalue weighted by molar-refractivity contribution is 0.0807.